The van der Waals surface area contributed by atoms with Crippen LogP contribution in [0.3, 0.4) is 0 Å². The van der Waals surface area contributed by atoms with E-state index in [-0.39, 0.29) is 0 Å². The molecule has 0 aromatic heterocycles. The van der Waals surface area contributed by atoms with Gasteiger partial charge in [-0.15, -0.1) is 0 Å². The molecule has 0 N–H and O–H groups in total. The van der Waals surface area contributed by atoms with Crippen LogP contribution in [0.1, 0.15) is 22.3 Å². The standard InChI is InChI=1S/C53H36N2/c1-2-10-35(11-3-1)37-20-25-44(26-21-37)55(46-29-22-36-12-4-5-13-39(36)31-46)45-27-23-38(24-28-45)49-33-43-30-40-18-19-42(52-34-41-14-6-9-17-51(41)54-52)32-50(40)53(43)48-16-8-7-15-47(48)49/h1-29,31-33H,30,34H2. The number of rotatable bonds is 6. The summed E-state index contributed by atoms with van der Waals surface area (Å²) in [5.41, 5.74) is 18.5. The largest absolute Gasteiger partial charge is 0.310 e. The van der Waals surface area contributed by atoms with Gasteiger partial charge >= 0.3 is 0 Å². The number of nitrogens with zero attached hydrogens (tertiary/aromatic N) is 2. The van der Waals surface area contributed by atoms with E-state index < -0.39 is 0 Å². The molecule has 55 heavy (non-hydrogen) atoms. The third-order valence-electron chi connectivity index (χ3n) is 11.5. The quantitative estimate of drug-likeness (QED) is 0.169. The molecule has 258 valence electrons. The Balaban J connectivity index is 0.979. The van der Waals surface area contributed by atoms with Gasteiger partial charge in [-0.25, -0.2) is 0 Å². The first-order valence-corrected chi connectivity index (χ1v) is 19.1. The first-order valence-electron chi connectivity index (χ1n) is 19.1. The van der Waals surface area contributed by atoms with Gasteiger partial charge in [0.1, 0.15) is 0 Å². The summed E-state index contributed by atoms with van der Waals surface area (Å²) in [7, 11) is 0. The molecule has 0 spiro atoms. The number of para-hydroxylation sites is 1. The van der Waals surface area contributed by atoms with Crippen LogP contribution in [-0.2, 0) is 12.8 Å². The van der Waals surface area contributed by atoms with Crippen LogP contribution in [0.5, 0.6) is 0 Å². The van der Waals surface area contributed by atoms with Crippen molar-refractivity contribution in [1.29, 1.82) is 0 Å². The fourth-order valence-electron chi connectivity index (χ4n) is 8.77. The summed E-state index contributed by atoms with van der Waals surface area (Å²) in [4.78, 5) is 7.39. The molecule has 9 aromatic rings. The molecule has 0 fully saturated rings. The number of anilines is 3. The third kappa shape index (κ3) is 5.45. The minimum atomic E-state index is 0.884. The predicted octanol–water partition coefficient (Wildman–Crippen LogP) is 14.0. The van der Waals surface area contributed by atoms with Gasteiger partial charge in [-0.2, -0.15) is 0 Å². The van der Waals surface area contributed by atoms with Crippen LogP contribution in [-0.4, -0.2) is 5.71 Å². The number of benzene rings is 9. The summed E-state index contributed by atoms with van der Waals surface area (Å²) in [5, 5.41) is 5.05. The lowest BCUT2D eigenvalue weighted by Gasteiger charge is -2.26. The molecule has 2 heteroatoms. The predicted molar refractivity (Wildman–Crippen MR) is 232 cm³/mol. The molecule has 0 amide bonds. The van der Waals surface area contributed by atoms with E-state index >= 15 is 0 Å². The molecule has 2 nitrogen and oxygen atoms in total. The Morgan fingerprint density at radius 1 is 0.364 bits per heavy atom. The summed E-state index contributed by atoms with van der Waals surface area (Å²) >= 11 is 0. The van der Waals surface area contributed by atoms with E-state index in [9.17, 15) is 0 Å². The van der Waals surface area contributed by atoms with Crippen molar-refractivity contribution in [3.8, 4) is 33.4 Å². The second kappa shape index (κ2) is 12.8. The lowest BCUT2D eigenvalue weighted by molar-refractivity contribution is 1.26. The maximum absolute atomic E-state index is 5.02. The highest BCUT2D eigenvalue weighted by Crippen LogP contribution is 2.46. The van der Waals surface area contributed by atoms with Crippen LogP contribution >= 0.6 is 0 Å². The third-order valence-corrected chi connectivity index (χ3v) is 11.5. The normalized spacial score (nSPS) is 12.7. The maximum atomic E-state index is 5.02. The minimum Gasteiger partial charge on any atom is -0.310 e. The van der Waals surface area contributed by atoms with E-state index in [2.05, 4.69) is 199 Å². The smallest absolute Gasteiger partial charge is 0.0669 e. The summed E-state index contributed by atoms with van der Waals surface area (Å²) < 4.78 is 0. The van der Waals surface area contributed by atoms with E-state index in [1.54, 1.807) is 0 Å². The van der Waals surface area contributed by atoms with Crippen molar-refractivity contribution in [3.63, 3.8) is 0 Å². The Hall–Kier alpha value is -7.03. The second-order valence-electron chi connectivity index (χ2n) is 14.7. The van der Waals surface area contributed by atoms with Crippen LogP contribution in [0, 0.1) is 0 Å². The van der Waals surface area contributed by atoms with Crippen LogP contribution < -0.4 is 4.90 Å². The molecule has 0 atom stereocenters. The average Bonchev–Trinajstić information content (AvgIpc) is 3.86. The van der Waals surface area contributed by atoms with Crippen molar-refractivity contribution in [2.75, 3.05) is 4.90 Å². The Morgan fingerprint density at radius 2 is 1.00 bits per heavy atom. The average molecular weight is 701 g/mol. The Labute approximate surface area is 321 Å². The van der Waals surface area contributed by atoms with Gasteiger partial charge in [0.25, 0.3) is 0 Å². The molecule has 9 aromatic carbocycles. The number of fused-ring (bicyclic) bond motifs is 7. The highest BCUT2D eigenvalue weighted by Gasteiger charge is 2.25. The summed E-state index contributed by atoms with van der Waals surface area (Å²) in [6.45, 7) is 0. The molecule has 11 rings (SSSR count). The van der Waals surface area contributed by atoms with Crippen molar-refractivity contribution < 1.29 is 0 Å². The summed E-state index contributed by atoms with van der Waals surface area (Å²) in [5.74, 6) is 0. The summed E-state index contributed by atoms with van der Waals surface area (Å²) in [6.07, 6.45) is 1.82. The highest BCUT2D eigenvalue weighted by atomic mass is 15.1. The molecule has 1 heterocycles. The Bertz CT molecular complexity index is 2960. The van der Waals surface area contributed by atoms with E-state index in [1.807, 2.05) is 0 Å². The molecule has 0 bridgehead atoms. The fourth-order valence-corrected chi connectivity index (χ4v) is 8.77. The number of hydrogen-bond acceptors (Lipinski definition) is 2. The zero-order valence-electron chi connectivity index (χ0n) is 30.3. The van der Waals surface area contributed by atoms with Crippen LogP contribution in [0.25, 0.3) is 54.9 Å². The first kappa shape index (κ1) is 31.5. The van der Waals surface area contributed by atoms with Gasteiger partial charge in [0.05, 0.1) is 11.4 Å². The van der Waals surface area contributed by atoms with Crippen molar-refractivity contribution in [2.45, 2.75) is 12.8 Å². The van der Waals surface area contributed by atoms with Crippen LogP contribution in [0.4, 0.5) is 22.7 Å². The van der Waals surface area contributed by atoms with Gasteiger partial charge in [0.2, 0.25) is 0 Å². The van der Waals surface area contributed by atoms with Gasteiger partial charge < -0.3 is 4.90 Å². The molecule has 0 saturated carbocycles. The Morgan fingerprint density at radius 3 is 1.80 bits per heavy atom. The van der Waals surface area contributed by atoms with E-state index in [0.29, 0.717) is 0 Å². The minimum absolute atomic E-state index is 0.884. The first-order chi connectivity index (χ1) is 27.2. The molecule has 1 aliphatic heterocycles. The molecular formula is C53H36N2. The zero-order valence-corrected chi connectivity index (χ0v) is 30.3. The van der Waals surface area contributed by atoms with Gasteiger partial charge in [0, 0.05) is 23.5 Å². The SMILES string of the molecule is c1ccc(-c2ccc(N(c3ccc(-c4cc5c(c6ccccc46)-c4cc(C6=Nc7ccccc7C6)ccc4C5)cc3)c3ccc4ccccc4c3)cc2)cc1. The van der Waals surface area contributed by atoms with Crippen LogP contribution in [0.15, 0.2) is 199 Å². The Kier molecular flexibility index (Phi) is 7.34. The van der Waals surface area contributed by atoms with Crippen LogP contribution in [0.2, 0.25) is 0 Å². The number of aliphatic imine (C=N–C) groups is 1. The lowest BCUT2D eigenvalue weighted by atomic mass is 9.90. The van der Waals surface area contributed by atoms with Crippen molar-refractivity contribution in [2.24, 2.45) is 4.99 Å². The molecule has 0 saturated heterocycles. The molecule has 0 unspecified atom stereocenters. The number of hydrogen-bond donors (Lipinski definition) is 0. The van der Waals surface area contributed by atoms with Crippen molar-refractivity contribution in [1.82, 2.24) is 0 Å². The van der Waals surface area contributed by atoms with E-state index in [4.69, 9.17) is 4.99 Å². The van der Waals surface area contributed by atoms with Crippen molar-refractivity contribution >= 4 is 50.0 Å². The summed E-state index contributed by atoms with van der Waals surface area (Å²) in [6, 6.07) is 70.9. The molecule has 0 radical (unpaired) electrons. The van der Waals surface area contributed by atoms with Gasteiger partial charge in [-0.1, -0.05) is 140 Å². The van der Waals surface area contributed by atoms with Gasteiger partial charge in [-0.3, -0.25) is 4.99 Å². The van der Waals surface area contributed by atoms with E-state index in [1.165, 1.54) is 77.2 Å². The zero-order chi connectivity index (χ0) is 36.3. The van der Waals surface area contributed by atoms with Gasteiger partial charge in [0.15, 0.2) is 0 Å². The maximum Gasteiger partial charge on any atom is 0.0669 e. The monoisotopic (exact) mass is 700 g/mol. The van der Waals surface area contributed by atoms with Gasteiger partial charge in [-0.05, 0) is 138 Å². The molecule has 2 aliphatic rings. The fraction of sp³-hybridized carbons (Fsp3) is 0.0377. The second-order valence-corrected chi connectivity index (χ2v) is 14.7. The molecular weight excluding hydrogens is 665 g/mol. The lowest BCUT2D eigenvalue weighted by Crippen LogP contribution is -2.09. The van der Waals surface area contributed by atoms with E-state index in [0.717, 1.165) is 41.3 Å². The topological polar surface area (TPSA) is 15.6 Å². The highest BCUT2D eigenvalue weighted by molar-refractivity contribution is 6.11. The molecule has 1 aliphatic carbocycles. The van der Waals surface area contributed by atoms with Crippen molar-refractivity contribution in [3.05, 3.63) is 216 Å².